The van der Waals surface area contributed by atoms with Gasteiger partial charge in [-0.25, -0.2) is 0 Å². The third-order valence-electron chi connectivity index (χ3n) is 3.16. The van der Waals surface area contributed by atoms with Crippen molar-refractivity contribution in [2.24, 2.45) is 0 Å². The number of carbonyl (C=O) groups excluding carboxylic acids is 1. The number of nitrogens with zero attached hydrogens (tertiary/aromatic N) is 1. The van der Waals surface area contributed by atoms with Crippen LogP contribution in [0.4, 0.5) is 0 Å². The molecule has 0 bridgehead atoms. The van der Waals surface area contributed by atoms with Crippen molar-refractivity contribution in [1.82, 2.24) is 4.90 Å². The van der Waals surface area contributed by atoms with E-state index in [1.165, 1.54) is 0 Å². The van der Waals surface area contributed by atoms with E-state index in [0.717, 1.165) is 5.56 Å². The van der Waals surface area contributed by atoms with Crippen molar-refractivity contribution >= 4 is 5.91 Å². The van der Waals surface area contributed by atoms with Crippen molar-refractivity contribution in [1.29, 1.82) is 0 Å². The number of hydrogen-bond acceptors (Lipinski definition) is 3. The van der Waals surface area contributed by atoms with Crippen LogP contribution in [-0.2, 0) is 4.79 Å². The fourth-order valence-electron chi connectivity index (χ4n) is 2.07. The molecule has 18 heavy (non-hydrogen) atoms. The molecule has 1 aliphatic rings. The second kappa shape index (κ2) is 5.40. The highest BCUT2D eigenvalue weighted by Crippen LogP contribution is 2.16. The Morgan fingerprint density at radius 3 is 2.67 bits per heavy atom. The van der Waals surface area contributed by atoms with Gasteiger partial charge in [0, 0.05) is 13.1 Å². The summed E-state index contributed by atoms with van der Waals surface area (Å²) in [6.45, 7) is 4.78. The maximum Gasteiger partial charge on any atom is 0.263 e. The molecule has 1 aliphatic heterocycles. The topological polar surface area (TPSA) is 49.8 Å². The van der Waals surface area contributed by atoms with Crippen LogP contribution < -0.4 is 4.74 Å². The number of likely N-dealkylation sites (tertiary alicyclic amines) is 1. The molecule has 2 atom stereocenters. The molecule has 4 nitrogen and oxygen atoms in total. The van der Waals surface area contributed by atoms with Crippen LogP contribution >= 0.6 is 0 Å². The van der Waals surface area contributed by atoms with Crippen molar-refractivity contribution in [3.8, 4) is 5.75 Å². The van der Waals surface area contributed by atoms with Crippen LogP contribution in [0.2, 0.25) is 0 Å². The van der Waals surface area contributed by atoms with Gasteiger partial charge in [0.2, 0.25) is 0 Å². The molecule has 1 aromatic rings. The first-order valence-corrected chi connectivity index (χ1v) is 6.26. The molecule has 1 N–H and O–H groups in total. The molecule has 0 aliphatic carbocycles. The third kappa shape index (κ3) is 3.01. The quantitative estimate of drug-likeness (QED) is 0.880. The van der Waals surface area contributed by atoms with Crippen LogP contribution in [0.3, 0.4) is 0 Å². The van der Waals surface area contributed by atoms with Crippen LogP contribution in [0.5, 0.6) is 5.75 Å². The largest absolute Gasteiger partial charge is 0.481 e. The summed E-state index contributed by atoms with van der Waals surface area (Å²) in [4.78, 5) is 13.7. The Hall–Kier alpha value is -1.55. The van der Waals surface area contributed by atoms with Crippen LogP contribution in [0, 0.1) is 6.92 Å². The standard InChI is InChI=1S/C14H19NO3/c1-10-3-5-13(6-4-10)18-11(2)14(17)15-8-7-12(16)9-15/h3-6,11-12,16H,7-9H2,1-2H3/t11?,12-/m0/s1. The van der Waals surface area contributed by atoms with Crippen LogP contribution in [-0.4, -0.2) is 41.2 Å². The van der Waals surface area contributed by atoms with Gasteiger partial charge in [-0.05, 0) is 32.4 Å². The normalized spacial score (nSPS) is 20.8. The lowest BCUT2D eigenvalue weighted by atomic mass is 10.2. The number of rotatable bonds is 3. The molecule has 1 aromatic carbocycles. The van der Waals surface area contributed by atoms with E-state index < -0.39 is 6.10 Å². The summed E-state index contributed by atoms with van der Waals surface area (Å²) in [7, 11) is 0. The van der Waals surface area contributed by atoms with E-state index in [-0.39, 0.29) is 12.0 Å². The predicted molar refractivity (Wildman–Crippen MR) is 68.5 cm³/mol. The van der Waals surface area contributed by atoms with Gasteiger partial charge in [-0.15, -0.1) is 0 Å². The van der Waals surface area contributed by atoms with Gasteiger partial charge >= 0.3 is 0 Å². The highest BCUT2D eigenvalue weighted by Gasteiger charge is 2.28. The second-order valence-corrected chi connectivity index (χ2v) is 4.80. The molecule has 1 heterocycles. The lowest BCUT2D eigenvalue weighted by molar-refractivity contribution is -0.137. The summed E-state index contributed by atoms with van der Waals surface area (Å²) >= 11 is 0. The second-order valence-electron chi connectivity index (χ2n) is 4.80. The molecule has 1 unspecified atom stereocenters. The first-order valence-electron chi connectivity index (χ1n) is 6.26. The molecule has 4 heteroatoms. The average Bonchev–Trinajstić information content (AvgIpc) is 2.78. The predicted octanol–water partition coefficient (Wildman–Crippen LogP) is 1.36. The minimum absolute atomic E-state index is 0.0628. The van der Waals surface area contributed by atoms with E-state index in [0.29, 0.717) is 25.3 Å². The first-order chi connectivity index (χ1) is 8.56. The molecule has 1 amide bonds. The number of β-amino-alcohol motifs (C(OH)–C–C–N with tert-alkyl or cyclic N) is 1. The minimum Gasteiger partial charge on any atom is -0.481 e. The van der Waals surface area contributed by atoms with E-state index in [4.69, 9.17) is 4.74 Å². The maximum atomic E-state index is 12.1. The Labute approximate surface area is 107 Å². The van der Waals surface area contributed by atoms with Gasteiger partial charge in [0.25, 0.3) is 5.91 Å². The summed E-state index contributed by atoms with van der Waals surface area (Å²) < 4.78 is 5.61. The molecule has 0 aromatic heterocycles. The Balaban J connectivity index is 1.93. The SMILES string of the molecule is Cc1ccc(OC(C)C(=O)N2CC[C@H](O)C2)cc1. The third-order valence-corrected chi connectivity index (χ3v) is 3.16. The Morgan fingerprint density at radius 2 is 2.11 bits per heavy atom. The number of benzene rings is 1. The highest BCUT2D eigenvalue weighted by atomic mass is 16.5. The van der Waals surface area contributed by atoms with E-state index >= 15 is 0 Å². The average molecular weight is 249 g/mol. The summed E-state index contributed by atoms with van der Waals surface area (Å²) in [6, 6.07) is 7.62. The Bertz CT molecular complexity index is 416. The zero-order valence-electron chi connectivity index (χ0n) is 10.8. The molecule has 1 fully saturated rings. The van der Waals surface area contributed by atoms with E-state index in [1.807, 2.05) is 31.2 Å². The zero-order chi connectivity index (χ0) is 13.1. The van der Waals surface area contributed by atoms with Crippen LogP contribution in [0.1, 0.15) is 18.9 Å². The zero-order valence-corrected chi connectivity index (χ0v) is 10.8. The number of amides is 1. The van der Waals surface area contributed by atoms with Crippen molar-refractivity contribution < 1.29 is 14.6 Å². The Kier molecular flexibility index (Phi) is 3.87. The first kappa shape index (κ1) is 12.9. The van der Waals surface area contributed by atoms with E-state index in [9.17, 15) is 9.90 Å². The van der Waals surface area contributed by atoms with Crippen molar-refractivity contribution in [2.75, 3.05) is 13.1 Å². The fraction of sp³-hybridized carbons (Fsp3) is 0.500. The number of aryl methyl sites for hydroxylation is 1. The van der Waals surface area contributed by atoms with Crippen LogP contribution in [0.25, 0.3) is 0 Å². The fourth-order valence-corrected chi connectivity index (χ4v) is 2.07. The molecular weight excluding hydrogens is 230 g/mol. The number of hydrogen-bond donors (Lipinski definition) is 1. The lowest BCUT2D eigenvalue weighted by Crippen LogP contribution is -2.39. The maximum absolute atomic E-state index is 12.1. The summed E-state index contributed by atoms with van der Waals surface area (Å²) in [5, 5.41) is 9.42. The number of carbonyl (C=O) groups is 1. The number of aliphatic hydroxyl groups excluding tert-OH is 1. The summed E-state index contributed by atoms with van der Waals surface area (Å²) in [5.74, 6) is 0.633. The molecule has 0 saturated carbocycles. The van der Waals surface area contributed by atoms with Gasteiger partial charge in [0.15, 0.2) is 6.10 Å². The highest BCUT2D eigenvalue weighted by molar-refractivity contribution is 5.81. The van der Waals surface area contributed by atoms with Crippen molar-refractivity contribution in [3.63, 3.8) is 0 Å². The minimum atomic E-state index is -0.516. The molecule has 1 saturated heterocycles. The number of aliphatic hydroxyl groups is 1. The lowest BCUT2D eigenvalue weighted by Gasteiger charge is -2.21. The van der Waals surface area contributed by atoms with Gasteiger partial charge < -0.3 is 14.7 Å². The smallest absolute Gasteiger partial charge is 0.263 e. The molecule has 98 valence electrons. The Morgan fingerprint density at radius 1 is 1.44 bits per heavy atom. The van der Waals surface area contributed by atoms with E-state index in [1.54, 1.807) is 11.8 Å². The van der Waals surface area contributed by atoms with Crippen LogP contribution in [0.15, 0.2) is 24.3 Å². The van der Waals surface area contributed by atoms with Crippen molar-refractivity contribution in [3.05, 3.63) is 29.8 Å². The summed E-state index contributed by atoms with van der Waals surface area (Å²) in [6.07, 6.45) is -0.248. The molecular formula is C14H19NO3. The van der Waals surface area contributed by atoms with Gasteiger partial charge in [-0.2, -0.15) is 0 Å². The van der Waals surface area contributed by atoms with Gasteiger partial charge in [0.05, 0.1) is 6.10 Å². The van der Waals surface area contributed by atoms with Gasteiger partial charge in [-0.3, -0.25) is 4.79 Å². The number of ether oxygens (including phenoxy) is 1. The molecule has 0 spiro atoms. The van der Waals surface area contributed by atoms with Gasteiger partial charge in [-0.1, -0.05) is 17.7 Å². The monoisotopic (exact) mass is 249 g/mol. The van der Waals surface area contributed by atoms with Gasteiger partial charge in [0.1, 0.15) is 5.75 Å². The molecule has 2 rings (SSSR count). The van der Waals surface area contributed by atoms with E-state index in [2.05, 4.69) is 0 Å². The molecule has 0 radical (unpaired) electrons. The van der Waals surface area contributed by atoms with Crippen molar-refractivity contribution in [2.45, 2.75) is 32.5 Å². The summed E-state index contributed by atoms with van der Waals surface area (Å²) in [5.41, 5.74) is 1.16.